The number of nitrogens with one attached hydrogen (secondary N) is 2. The number of ether oxygens (including phenoxy) is 2. The number of methoxy groups -OCH3 is 2. The highest BCUT2D eigenvalue weighted by atomic mass is 32.1. The zero-order chi connectivity index (χ0) is 16.7. The number of nitrogens with zero attached hydrogens (tertiary/aromatic N) is 1. The minimum absolute atomic E-state index is 0.435. The maximum Gasteiger partial charge on any atom is 0.187 e. The molecule has 0 radical (unpaired) electrons. The molecule has 0 amide bonds. The van der Waals surface area contributed by atoms with Crippen LogP contribution in [0.15, 0.2) is 23.3 Å². The van der Waals surface area contributed by atoms with E-state index in [1.807, 2.05) is 18.2 Å². The van der Waals surface area contributed by atoms with Crippen LogP contribution in [0.25, 0.3) is 0 Å². The highest BCUT2D eigenvalue weighted by Crippen LogP contribution is 2.29. The first kappa shape index (κ1) is 17.5. The molecule has 6 heteroatoms. The molecule has 1 aromatic rings. The smallest absolute Gasteiger partial charge is 0.187 e. The molecule has 2 N–H and O–H groups in total. The van der Waals surface area contributed by atoms with E-state index in [0.717, 1.165) is 12.0 Å². The van der Waals surface area contributed by atoms with Crippen molar-refractivity contribution >= 4 is 23.5 Å². The summed E-state index contributed by atoms with van der Waals surface area (Å²) in [6.45, 7) is 2.27. The molecule has 1 fully saturated rings. The van der Waals surface area contributed by atoms with E-state index in [1.54, 1.807) is 20.4 Å². The Balaban J connectivity index is 1.92. The average molecular weight is 335 g/mol. The quantitative estimate of drug-likeness (QED) is 0.492. The van der Waals surface area contributed by atoms with E-state index in [1.165, 1.54) is 19.3 Å². The number of hydrazone groups is 1. The highest BCUT2D eigenvalue weighted by molar-refractivity contribution is 7.80. The van der Waals surface area contributed by atoms with Gasteiger partial charge in [0.1, 0.15) is 0 Å². The van der Waals surface area contributed by atoms with Gasteiger partial charge in [0, 0.05) is 11.6 Å². The Hall–Kier alpha value is -1.82. The number of para-hydroxylation sites is 1. The molecule has 1 aliphatic rings. The van der Waals surface area contributed by atoms with Crippen LogP contribution in [-0.2, 0) is 0 Å². The third-order valence-corrected chi connectivity index (χ3v) is 4.44. The summed E-state index contributed by atoms with van der Waals surface area (Å²) in [6.07, 6.45) is 6.67. The first-order valence-corrected chi connectivity index (χ1v) is 8.37. The van der Waals surface area contributed by atoms with Crippen LogP contribution in [0.4, 0.5) is 0 Å². The fourth-order valence-electron chi connectivity index (χ4n) is 2.91. The van der Waals surface area contributed by atoms with Crippen molar-refractivity contribution in [1.29, 1.82) is 0 Å². The summed E-state index contributed by atoms with van der Waals surface area (Å²) in [6, 6.07) is 6.08. The molecule has 1 saturated carbocycles. The molecule has 23 heavy (non-hydrogen) atoms. The van der Waals surface area contributed by atoms with Crippen molar-refractivity contribution in [3.05, 3.63) is 23.8 Å². The molecule has 1 aromatic carbocycles. The molecular weight excluding hydrogens is 310 g/mol. The van der Waals surface area contributed by atoms with Crippen LogP contribution in [0.1, 0.15) is 38.2 Å². The number of benzene rings is 1. The molecule has 126 valence electrons. The lowest BCUT2D eigenvalue weighted by Gasteiger charge is -2.30. The van der Waals surface area contributed by atoms with Gasteiger partial charge in [0.15, 0.2) is 16.6 Å². The maximum absolute atomic E-state index is 5.37. The summed E-state index contributed by atoms with van der Waals surface area (Å²) in [7, 11) is 3.22. The fourth-order valence-corrected chi connectivity index (χ4v) is 3.11. The van der Waals surface area contributed by atoms with Gasteiger partial charge >= 0.3 is 0 Å². The van der Waals surface area contributed by atoms with Crippen molar-refractivity contribution in [3.8, 4) is 11.5 Å². The third-order valence-electron chi connectivity index (χ3n) is 4.23. The fraction of sp³-hybridized carbons (Fsp3) is 0.529. The number of rotatable bonds is 5. The Kier molecular flexibility index (Phi) is 6.65. The van der Waals surface area contributed by atoms with Crippen molar-refractivity contribution in [2.24, 2.45) is 11.0 Å². The van der Waals surface area contributed by atoms with E-state index in [0.29, 0.717) is 28.6 Å². The summed E-state index contributed by atoms with van der Waals surface area (Å²) < 4.78 is 10.6. The second-order valence-electron chi connectivity index (χ2n) is 5.79. The third kappa shape index (κ3) is 4.82. The lowest BCUT2D eigenvalue weighted by molar-refractivity contribution is 0.308. The molecule has 0 saturated heterocycles. The second kappa shape index (κ2) is 8.72. The van der Waals surface area contributed by atoms with Crippen LogP contribution >= 0.6 is 12.2 Å². The Labute approximate surface area is 143 Å². The monoisotopic (exact) mass is 335 g/mol. The van der Waals surface area contributed by atoms with Gasteiger partial charge in [0.2, 0.25) is 0 Å². The maximum atomic E-state index is 5.37. The number of hydrogen-bond acceptors (Lipinski definition) is 4. The highest BCUT2D eigenvalue weighted by Gasteiger charge is 2.21. The van der Waals surface area contributed by atoms with Crippen LogP contribution in [0.5, 0.6) is 11.5 Å². The Morgan fingerprint density at radius 1 is 1.26 bits per heavy atom. The molecule has 0 spiro atoms. The van der Waals surface area contributed by atoms with Gasteiger partial charge in [-0.2, -0.15) is 5.10 Å². The van der Waals surface area contributed by atoms with Gasteiger partial charge < -0.3 is 14.8 Å². The first-order chi connectivity index (χ1) is 11.2. The average Bonchev–Trinajstić information content (AvgIpc) is 2.56. The molecule has 0 aromatic heterocycles. The van der Waals surface area contributed by atoms with E-state index >= 15 is 0 Å². The molecule has 0 unspecified atom stereocenters. The molecular formula is C17H25N3O2S. The lowest BCUT2D eigenvalue weighted by atomic mass is 9.86. The van der Waals surface area contributed by atoms with Gasteiger partial charge in [-0.05, 0) is 43.1 Å². The molecule has 2 atom stereocenters. The van der Waals surface area contributed by atoms with Crippen LogP contribution in [0.3, 0.4) is 0 Å². The minimum atomic E-state index is 0.435. The van der Waals surface area contributed by atoms with Crippen molar-refractivity contribution in [3.63, 3.8) is 0 Å². The van der Waals surface area contributed by atoms with Gasteiger partial charge in [-0.3, -0.25) is 5.43 Å². The minimum Gasteiger partial charge on any atom is -0.493 e. The summed E-state index contributed by atoms with van der Waals surface area (Å²) in [5.41, 5.74) is 3.71. The zero-order valence-electron chi connectivity index (χ0n) is 14.0. The largest absolute Gasteiger partial charge is 0.493 e. The van der Waals surface area contributed by atoms with Gasteiger partial charge in [-0.1, -0.05) is 25.8 Å². The van der Waals surface area contributed by atoms with Crippen molar-refractivity contribution in [2.45, 2.75) is 38.6 Å². The topological polar surface area (TPSA) is 54.9 Å². The molecule has 2 rings (SSSR count). The number of hydrogen-bond donors (Lipinski definition) is 2. The predicted octanol–water partition coefficient (Wildman–Crippen LogP) is 3.08. The van der Waals surface area contributed by atoms with E-state index in [4.69, 9.17) is 21.7 Å². The summed E-state index contributed by atoms with van der Waals surface area (Å²) in [4.78, 5) is 0. The summed E-state index contributed by atoms with van der Waals surface area (Å²) in [5, 5.41) is 8.12. The van der Waals surface area contributed by atoms with Crippen LogP contribution in [0.2, 0.25) is 0 Å². The van der Waals surface area contributed by atoms with Gasteiger partial charge in [-0.25, -0.2) is 0 Å². The molecule has 0 heterocycles. The lowest BCUT2D eigenvalue weighted by Crippen LogP contribution is -2.44. The SMILES string of the molecule is COc1cccc(/C=N\NC(=S)N[C@@H]2CCCC[C@H]2C)c1OC. The predicted molar refractivity (Wildman–Crippen MR) is 97.4 cm³/mol. The first-order valence-electron chi connectivity index (χ1n) is 7.96. The Bertz CT molecular complexity index is 563. The van der Waals surface area contributed by atoms with Crippen LogP contribution in [-0.4, -0.2) is 31.6 Å². The molecule has 1 aliphatic carbocycles. The summed E-state index contributed by atoms with van der Waals surface area (Å²) in [5.74, 6) is 1.97. The van der Waals surface area contributed by atoms with Gasteiger partial charge in [0.25, 0.3) is 0 Å². The molecule has 5 nitrogen and oxygen atoms in total. The molecule has 0 aliphatic heterocycles. The standard InChI is InChI=1S/C17H25N3O2S/c1-12-7-4-5-9-14(12)19-17(23)20-18-11-13-8-6-10-15(21-2)16(13)22-3/h6,8,10-12,14H,4-5,7,9H2,1-3H3,(H2,19,20,23)/b18-11-/t12-,14-/m1/s1. The van der Waals surface area contributed by atoms with Crippen molar-refractivity contribution in [1.82, 2.24) is 10.7 Å². The Morgan fingerprint density at radius 3 is 2.74 bits per heavy atom. The van der Waals surface area contributed by atoms with Crippen molar-refractivity contribution in [2.75, 3.05) is 14.2 Å². The Morgan fingerprint density at radius 2 is 2.04 bits per heavy atom. The molecule has 0 bridgehead atoms. The van der Waals surface area contributed by atoms with Crippen LogP contribution in [0, 0.1) is 5.92 Å². The normalized spacial score (nSPS) is 21.0. The summed E-state index contributed by atoms with van der Waals surface area (Å²) >= 11 is 5.32. The van der Waals surface area contributed by atoms with E-state index in [2.05, 4.69) is 22.8 Å². The van der Waals surface area contributed by atoms with E-state index in [-0.39, 0.29) is 0 Å². The van der Waals surface area contributed by atoms with Crippen LogP contribution < -0.4 is 20.2 Å². The van der Waals surface area contributed by atoms with Gasteiger partial charge in [0.05, 0.1) is 20.4 Å². The van der Waals surface area contributed by atoms with Crippen molar-refractivity contribution < 1.29 is 9.47 Å². The van der Waals surface area contributed by atoms with Gasteiger partial charge in [-0.15, -0.1) is 0 Å². The zero-order valence-corrected chi connectivity index (χ0v) is 14.8. The van der Waals surface area contributed by atoms with E-state index < -0.39 is 0 Å². The van der Waals surface area contributed by atoms with E-state index in [9.17, 15) is 0 Å². The second-order valence-corrected chi connectivity index (χ2v) is 6.20. The number of thiocarbonyl (C=S) groups is 1.